The van der Waals surface area contributed by atoms with Gasteiger partial charge in [0.2, 0.25) is 21.8 Å². The van der Waals surface area contributed by atoms with Crippen LogP contribution in [0.5, 0.6) is 5.75 Å². The third-order valence-electron chi connectivity index (χ3n) is 5.81. The molecule has 0 aliphatic rings. The molecule has 2 aromatic carbocycles. The summed E-state index contributed by atoms with van der Waals surface area (Å²) in [6.45, 7) is 7.20. The van der Waals surface area contributed by atoms with Crippen LogP contribution in [0.1, 0.15) is 38.3 Å². The van der Waals surface area contributed by atoms with Gasteiger partial charge in [-0.25, -0.2) is 8.42 Å². The van der Waals surface area contributed by atoms with Crippen molar-refractivity contribution in [2.24, 2.45) is 0 Å². The van der Waals surface area contributed by atoms with Gasteiger partial charge in [-0.1, -0.05) is 31.2 Å². The molecule has 9 heteroatoms. The highest BCUT2D eigenvalue weighted by molar-refractivity contribution is 7.92. The lowest BCUT2D eigenvalue weighted by molar-refractivity contribution is -0.139. The zero-order valence-electron chi connectivity index (χ0n) is 20.7. The van der Waals surface area contributed by atoms with Gasteiger partial charge in [0, 0.05) is 12.6 Å². The lowest BCUT2D eigenvalue weighted by atomic mass is 10.1. The Morgan fingerprint density at radius 1 is 1.06 bits per heavy atom. The second kappa shape index (κ2) is 11.9. The largest absolute Gasteiger partial charge is 0.497 e. The van der Waals surface area contributed by atoms with Gasteiger partial charge < -0.3 is 15.0 Å². The van der Waals surface area contributed by atoms with E-state index >= 15 is 0 Å². The highest BCUT2D eigenvalue weighted by atomic mass is 32.2. The molecule has 0 aliphatic carbocycles. The van der Waals surface area contributed by atoms with E-state index in [2.05, 4.69) is 5.32 Å². The average molecular weight is 490 g/mol. The summed E-state index contributed by atoms with van der Waals surface area (Å²) in [4.78, 5) is 27.9. The SMILES string of the molecule is CC[C@@H](C)NC(=O)[C@H](C)N(Cc1ccccc1C)C(=O)CN(c1ccc(OC)cc1)S(C)(=O)=O. The number of sulfonamides is 1. The first kappa shape index (κ1) is 27.2. The van der Waals surface area contributed by atoms with Crippen LogP contribution in [-0.2, 0) is 26.2 Å². The Balaban J connectivity index is 2.39. The molecular formula is C25H35N3O5S. The van der Waals surface area contributed by atoms with Crippen LogP contribution >= 0.6 is 0 Å². The number of ether oxygens (including phenoxy) is 1. The van der Waals surface area contributed by atoms with Crippen molar-refractivity contribution in [2.45, 2.75) is 52.7 Å². The van der Waals surface area contributed by atoms with Gasteiger partial charge in [-0.2, -0.15) is 0 Å². The van der Waals surface area contributed by atoms with Crippen molar-refractivity contribution < 1.29 is 22.7 Å². The highest BCUT2D eigenvalue weighted by Crippen LogP contribution is 2.22. The van der Waals surface area contributed by atoms with Gasteiger partial charge in [-0.05, 0) is 62.6 Å². The number of hydrogen-bond acceptors (Lipinski definition) is 5. The van der Waals surface area contributed by atoms with E-state index in [1.165, 1.54) is 12.0 Å². The van der Waals surface area contributed by atoms with Crippen molar-refractivity contribution in [3.63, 3.8) is 0 Å². The molecule has 0 saturated carbocycles. The van der Waals surface area contributed by atoms with Crippen LogP contribution in [0, 0.1) is 6.92 Å². The van der Waals surface area contributed by atoms with Gasteiger partial charge in [0.1, 0.15) is 18.3 Å². The van der Waals surface area contributed by atoms with Crippen LogP contribution in [0.4, 0.5) is 5.69 Å². The zero-order valence-corrected chi connectivity index (χ0v) is 21.6. The smallest absolute Gasteiger partial charge is 0.244 e. The summed E-state index contributed by atoms with van der Waals surface area (Å²) in [7, 11) is -2.26. The molecule has 0 unspecified atom stereocenters. The predicted molar refractivity (Wildman–Crippen MR) is 134 cm³/mol. The molecule has 0 bridgehead atoms. The lowest BCUT2D eigenvalue weighted by Gasteiger charge is -2.32. The van der Waals surface area contributed by atoms with E-state index in [0.717, 1.165) is 28.1 Å². The molecule has 0 spiro atoms. The maximum absolute atomic E-state index is 13.5. The van der Waals surface area contributed by atoms with Crippen LogP contribution in [0.15, 0.2) is 48.5 Å². The normalized spacial score (nSPS) is 13.0. The molecule has 34 heavy (non-hydrogen) atoms. The van der Waals surface area contributed by atoms with Gasteiger partial charge in [-0.3, -0.25) is 13.9 Å². The summed E-state index contributed by atoms with van der Waals surface area (Å²) in [6.07, 6.45) is 1.80. The van der Waals surface area contributed by atoms with Crippen molar-refractivity contribution >= 4 is 27.5 Å². The molecule has 2 aromatic rings. The minimum atomic E-state index is -3.77. The molecule has 2 atom stereocenters. The monoisotopic (exact) mass is 489 g/mol. The molecule has 0 saturated heterocycles. The van der Waals surface area contributed by atoms with Crippen LogP contribution < -0.4 is 14.4 Å². The Morgan fingerprint density at radius 3 is 2.21 bits per heavy atom. The van der Waals surface area contributed by atoms with Crippen molar-refractivity contribution in [2.75, 3.05) is 24.2 Å². The number of carbonyl (C=O) groups is 2. The number of methoxy groups -OCH3 is 1. The summed E-state index contributed by atoms with van der Waals surface area (Å²) < 4.78 is 31.4. The summed E-state index contributed by atoms with van der Waals surface area (Å²) >= 11 is 0. The molecule has 8 nitrogen and oxygen atoms in total. The third-order valence-corrected chi connectivity index (χ3v) is 6.95. The summed E-state index contributed by atoms with van der Waals surface area (Å²) in [5.74, 6) is -0.192. The molecule has 1 N–H and O–H groups in total. The zero-order chi connectivity index (χ0) is 25.5. The fourth-order valence-corrected chi connectivity index (χ4v) is 4.23. The van der Waals surface area contributed by atoms with Gasteiger partial charge >= 0.3 is 0 Å². The standard InChI is InChI=1S/C25H35N3O5S/c1-7-19(3)26-25(30)20(4)27(16-21-11-9-8-10-18(21)2)24(29)17-28(34(6,31)32)22-12-14-23(33-5)15-13-22/h8-15,19-20H,7,16-17H2,1-6H3,(H,26,30)/t19-,20+/m1/s1. The first-order chi connectivity index (χ1) is 16.0. The summed E-state index contributed by atoms with van der Waals surface area (Å²) in [6, 6.07) is 13.2. The minimum Gasteiger partial charge on any atom is -0.497 e. The number of nitrogens with zero attached hydrogens (tertiary/aromatic N) is 2. The average Bonchev–Trinajstić information content (AvgIpc) is 2.80. The molecule has 0 aliphatic heterocycles. The Morgan fingerprint density at radius 2 is 1.68 bits per heavy atom. The van der Waals surface area contributed by atoms with Crippen molar-refractivity contribution in [3.05, 3.63) is 59.7 Å². The van der Waals surface area contributed by atoms with Crippen LogP contribution in [0.3, 0.4) is 0 Å². The van der Waals surface area contributed by atoms with Gasteiger partial charge in [-0.15, -0.1) is 0 Å². The Kier molecular flexibility index (Phi) is 9.49. The maximum Gasteiger partial charge on any atom is 0.244 e. The van der Waals surface area contributed by atoms with Gasteiger partial charge in [0.15, 0.2) is 0 Å². The van der Waals surface area contributed by atoms with E-state index in [1.807, 2.05) is 45.0 Å². The second-order valence-electron chi connectivity index (χ2n) is 8.41. The Hall–Kier alpha value is -3.07. The van der Waals surface area contributed by atoms with Crippen LogP contribution in [0.2, 0.25) is 0 Å². The van der Waals surface area contributed by atoms with E-state index in [9.17, 15) is 18.0 Å². The fraction of sp³-hybridized carbons (Fsp3) is 0.440. The lowest BCUT2D eigenvalue weighted by Crippen LogP contribution is -2.52. The molecule has 0 radical (unpaired) electrons. The summed E-state index contributed by atoms with van der Waals surface area (Å²) in [5.41, 5.74) is 2.20. The molecule has 0 aromatic heterocycles. The number of nitrogens with one attached hydrogen (secondary N) is 1. The molecule has 0 heterocycles. The number of hydrogen-bond donors (Lipinski definition) is 1. The first-order valence-corrected chi connectivity index (χ1v) is 13.1. The number of rotatable bonds is 11. The van der Waals surface area contributed by atoms with E-state index < -0.39 is 28.5 Å². The number of aryl methyl sites for hydroxylation is 1. The third kappa shape index (κ3) is 7.21. The molecule has 186 valence electrons. The Bertz CT molecular complexity index is 1090. The number of benzene rings is 2. The number of carbonyl (C=O) groups excluding carboxylic acids is 2. The number of anilines is 1. The first-order valence-electron chi connectivity index (χ1n) is 11.2. The highest BCUT2D eigenvalue weighted by Gasteiger charge is 2.30. The van der Waals surface area contributed by atoms with Crippen LogP contribution in [0.25, 0.3) is 0 Å². The van der Waals surface area contributed by atoms with E-state index in [-0.39, 0.29) is 18.5 Å². The molecule has 2 rings (SSSR count). The molecular weight excluding hydrogens is 454 g/mol. The van der Waals surface area contributed by atoms with Crippen molar-refractivity contribution in [3.8, 4) is 5.75 Å². The predicted octanol–water partition coefficient (Wildman–Crippen LogP) is 3.10. The topological polar surface area (TPSA) is 96.0 Å². The molecule has 2 amide bonds. The minimum absolute atomic E-state index is 0.0443. The molecule has 0 fully saturated rings. The second-order valence-corrected chi connectivity index (χ2v) is 10.3. The van der Waals surface area contributed by atoms with E-state index in [4.69, 9.17) is 4.74 Å². The fourth-order valence-electron chi connectivity index (χ4n) is 3.38. The van der Waals surface area contributed by atoms with Crippen molar-refractivity contribution in [1.29, 1.82) is 0 Å². The van der Waals surface area contributed by atoms with E-state index in [0.29, 0.717) is 11.4 Å². The Labute approximate surface area is 202 Å². The quantitative estimate of drug-likeness (QED) is 0.523. The van der Waals surface area contributed by atoms with Gasteiger partial charge in [0.05, 0.1) is 19.1 Å². The van der Waals surface area contributed by atoms with Crippen molar-refractivity contribution in [1.82, 2.24) is 10.2 Å². The summed E-state index contributed by atoms with van der Waals surface area (Å²) in [5, 5.41) is 2.91. The number of amides is 2. The van der Waals surface area contributed by atoms with Gasteiger partial charge in [0.25, 0.3) is 0 Å². The van der Waals surface area contributed by atoms with Crippen LogP contribution in [-0.4, -0.2) is 57.1 Å². The maximum atomic E-state index is 13.5. The van der Waals surface area contributed by atoms with E-state index in [1.54, 1.807) is 31.2 Å².